The lowest BCUT2D eigenvalue weighted by atomic mass is 9.99. The number of aliphatic hydroxyl groups is 1. The maximum absolute atomic E-state index is 13.7. The van der Waals surface area contributed by atoms with E-state index in [0.29, 0.717) is 51.5 Å². The van der Waals surface area contributed by atoms with Gasteiger partial charge in [0.05, 0.1) is 10.9 Å². The molecule has 8 heteroatoms. The minimum absolute atomic E-state index is 0.00985. The van der Waals surface area contributed by atoms with Crippen molar-refractivity contribution in [2.24, 2.45) is 17.8 Å². The Morgan fingerprint density at radius 1 is 1.19 bits per heavy atom. The van der Waals surface area contributed by atoms with Crippen molar-refractivity contribution in [2.75, 3.05) is 6.61 Å². The minimum Gasteiger partial charge on any atom is -0.474 e. The fourth-order valence-corrected chi connectivity index (χ4v) is 5.27. The molecule has 2 fully saturated rings. The summed E-state index contributed by atoms with van der Waals surface area (Å²) in [7, 11) is 0. The van der Waals surface area contributed by atoms with Gasteiger partial charge in [0.25, 0.3) is 5.91 Å². The first-order valence-corrected chi connectivity index (χ1v) is 11.2. The standard InChI is InChI=1S/C24H23ClFN3O3/c25-14-3-1-13(2-4-14)23(31)29-21(7-8-30)22-17-10-16(11-18(17)22)32-24-19-9-15(26)5-6-20(19)27-12-28-24/h1-6,9,12,16-18,21-22,30H,7-8,10-11H2,(H,29,31). The summed E-state index contributed by atoms with van der Waals surface area (Å²) < 4.78 is 19.8. The van der Waals surface area contributed by atoms with Crippen LogP contribution in [0.2, 0.25) is 5.02 Å². The van der Waals surface area contributed by atoms with E-state index in [1.807, 2.05) is 0 Å². The summed E-state index contributed by atoms with van der Waals surface area (Å²) in [5.41, 5.74) is 1.19. The number of aromatic nitrogens is 2. The molecule has 0 bridgehead atoms. The number of hydrogen-bond acceptors (Lipinski definition) is 5. The van der Waals surface area contributed by atoms with Crippen LogP contribution in [-0.2, 0) is 0 Å². The molecule has 0 saturated heterocycles. The van der Waals surface area contributed by atoms with Crippen molar-refractivity contribution in [3.63, 3.8) is 0 Å². The van der Waals surface area contributed by atoms with Gasteiger partial charge in [0, 0.05) is 23.2 Å². The zero-order valence-corrected chi connectivity index (χ0v) is 18.0. The summed E-state index contributed by atoms with van der Waals surface area (Å²) in [5, 5.41) is 13.8. The average molecular weight is 456 g/mol. The van der Waals surface area contributed by atoms with E-state index in [9.17, 15) is 14.3 Å². The Bertz CT molecular complexity index is 1130. The van der Waals surface area contributed by atoms with E-state index in [1.54, 1.807) is 30.3 Å². The molecule has 166 valence electrons. The van der Waals surface area contributed by atoms with Gasteiger partial charge in [-0.3, -0.25) is 4.79 Å². The van der Waals surface area contributed by atoms with Crippen LogP contribution in [0.25, 0.3) is 10.9 Å². The number of carbonyl (C=O) groups excluding carboxylic acids is 1. The van der Waals surface area contributed by atoms with Gasteiger partial charge in [-0.25, -0.2) is 14.4 Å². The third kappa shape index (κ3) is 4.14. The molecule has 2 aliphatic rings. The average Bonchev–Trinajstić information content (AvgIpc) is 3.28. The molecule has 0 radical (unpaired) electrons. The number of fused-ring (bicyclic) bond motifs is 2. The molecule has 2 aliphatic carbocycles. The van der Waals surface area contributed by atoms with Gasteiger partial charge in [0.1, 0.15) is 18.2 Å². The molecule has 3 atom stereocenters. The summed E-state index contributed by atoms with van der Waals surface area (Å²) in [6.45, 7) is 0.0138. The van der Waals surface area contributed by atoms with Crippen LogP contribution < -0.4 is 10.1 Å². The number of carbonyl (C=O) groups is 1. The second kappa shape index (κ2) is 8.64. The Labute approximate surface area is 189 Å². The van der Waals surface area contributed by atoms with Gasteiger partial charge in [0.15, 0.2) is 0 Å². The highest BCUT2D eigenvalue weighted by atomic mass is 35.5. The molecule has 6 nitrogen and oxygen atoms in total. The third-order valence-electron chi connectivity index (χ3n) is 6.63. The molecule has 1 aromatic heterocycles. The van der Waals surface area contributed by atoms with Crippen molar-refractivity contribution in [3.05, 3.63) is 65.2 Å². The molecule has 2 saturated carbocycles. The Kier molecular flexibility index (Phi) is 5.69. The number of aliphatic hydroxyl groups excluding tert-OH is 1. The first-order chi connectivity index (χ1) is 15.5. The first kappa shape index (κ1) is 21.1. The highest BCUT2D eigenvalue weighted by molar-refractivity contribution is 6.30. The molecule has 2 N–H and O–H groups in total. The molecular formula is C24H23ClFN3O3. The third-order valence-corrected chi connectivity index (χ3v) is 6.89. The van der Waals surface area contributed by atoms with E-state index in [4.69, 9.17) is 16.3 Å². The Morgan fingerprint density at radius 3 is 2.66 bits per heavy atom. The number of rotatable bonds is 7. The maximum atomic E-state index is 13.7. The van der Waals surface area contributed by atoms with Gasteiger partial charge in [0.2, 0.25) is 5.88 Å². The van der Waals surface area contributed by atoms with E-state index in [1.165, 1.54) is 18.5 Å². The van der Waals surface area contributed by atoms with Crippen LogP contribution in [0.3, 0.4) is 0 Å². The van der Waals surface area contributed by atoms with E-state index >= 15 is 0 Å². The van der Waals surface area contributed by atoms with Gasteiger partial charge in [-0.1, -0.05) is 11.6 Å². The molecule has 1 heterocycles. The molecule has 0 spiro atoms. The van der Waals surface area contributed by atoms with Crippen molar-refractivity contribution in [2.45, 2.75) is 31.4 Å². The molecule has 32 heavy (non-hydrogen) atoms. The monoisotopic (exact) mass is 455 g/mol. The first-order valence-electron chi connectivity index (χ1n) is 10.8. The number of nitrogens with one attached hydrogen (secondary N) is 1. The van der Waals surface area contributed by atoms with Gasteiger partial charge < -0.3 is 15.2 Å². The van der Waals surface area contributed by atoms with Crippen molar-refractivity contribution in [1.82, 2.24) is 15.3 Å². The zero-order valence-electron chi connectivity index (χ0n) is 17.2. The van der Waals surface area contributed by atoms with E-state index in [-0.39, 0.29) is 30.5 Å². The summed E-state index contributed by atoms with van der Waals surface area (Å²) in [5.74, 6) is 1.05. The topological polar surface area (TPSA) is 84.3 Å². The van der Waals surface area contributed by atoms with Crippen LogP contribution in [0.4, 0.5) is 4.39 Å². The fraction of sp³-hybridized carbons (Fsp3) is 0.375. The highest BCUT2D eigenvalue weighted by Gasteiger charge is 2.59. The lowest BCUT2D eigenvalue weighted by molar-refractivity contribution is 0.0916. The smallest absolute Gasteiger partial charge is 0.251 e. The lowest BCUT2D eigenvalue weighted by Gasteiger charge is -2.22. The fourth-order valence-electron chi connectivity index (χ4n) is 5.14. The minimum atomic E-state index is -0.352. The second-order valence-electron chi connectivity index (χ2n) is 8.56. The summed E-state index contributed by atoms with van der Waals surface area (Å²) in [4.78, 5) is 21.0. The molecule has 1 amide bonds. The number of hydrogen-bond donors (Lipinski definition) is 2. The van der Waals surface area contributed by atoms with Gasteiger partial charge in [-0.15, -0.1) is 0 Å². The predicted molar refractivity (Wildman–Crippen MR) is 118 cm³/mol. The predicted octanol–water partition coefficient (Wildman–Crippen LogP) is 4.01. The number of halogens is 2. The Morgan fingerprint density at radius 2 is 1.94 bits per heavy atom. The Hall–Kier alpha value is -2.77. The normalized spacial score (nSPS) is 24.7. The van der Waals surface area contributed by atoms with Crippen molar-refractivity contribution < 1.29 is 19.0 Å². The van der Waals surface area contributed by atoms with E-state index in [0.717, 1.165) is 12.8 Å². The number of amides is 1. The van der Waals surface area contributed by atoms with Crippen molar-refractivity contribution in [3.8, 4) is 5.88 Å². The zero-order chi connectivity index (χ0) is 22.2. The highest BCUT2D eigenvalue weighted by Crippen LogP contribution is 2.60. The molecular weight excluding hydrogens is 433 g/mol. The van der Waals surface area contributed by atoms with Gasteiger partial charge in [-0.05, 0) is 79.5 Å². The lowest BCUT2D eigenvalue weighted by Crippen LogP contribution is -2.39. The van der Waals surface area contributed by atoms with Crippen LogP contribution in [0, 0.1) is 23.6 Å². The number of benzene rings is 2. The van der Waals surface area contributed by atoms with Crippen molar-refractivity contribution >= 4 is 28.4 Å². The maximum Gasteiger partial charge on any atom is 0.251 e. The second-order valence-corrected chi connectivity index (χ2v) is 8.99. The van der Waals surface area contributed by atoms with Crippen LogP contribution in [-0.4, -0.2) is 39.7 Å². The SMILES string of the molecule is O=C(NC(CCO)C1C2CC(Oc3ncnc4ccc(F)cc34)CC21)c1ccc(Cl)cc1. The van der Waals surface area contributed by atoms with Crippen LogP contribution in [0.1, 0.15) is 29.6 Å². The summed E-state index contributed by atoms with van der Waals surface area (Å²) in [6.07, 6.45) is 3.61. The summed E-state index contributed by atoms with van der Waals surface area (Å²) in [6, 6.07) is 11.1. The molecule has 0 aliphatic heterocycles. The van der Waals surface area contributed by atoms with Crippen LogP contribution in [0.15, 0.2) is 48.8 Å². The molecule has 3 aromatic rings. The van der Waals surface area contributed by atoms with E-state index < -0.39 is 0 Å². The van der Waals surface area contributed by atoms with Crippen molar-refractivity contribution in [1.29, 1.82) is 0 Å². The Balaban J connectivity index is 1.22. The quantitative estimate of drug-likeness (QED) is 0.562. The van der Waals surface area contributed by atoms with E-state index in [2.05, 4.69) is 15.3 Å². The largest absolute Gasteiger partial charge is 0.474 e. The van der Waals surface area contributed by atoms with Crippen LogP contribution in [0.5, 0.6) is 5.88 Å². The molecule has 5 rings (SSSR count). The van der Waals surface area contributed by atoms with Gasteiger partial charge in [-0.2, -0.15) is 0 Å². The van der Waals surface area contributed by atoms with Crippen LogP contribution >= 0.6 is 11.6 Å². The van der Waals surface area contributed by atoms with Gasteiger partial charge >= 0.3 is 0 Å². The summed E-state index contributed by atoms with van der Waals surface area (Å²) >= 11 is 5.91. The number of ether oxygens (including phenoxy) is 1. The molecule has 3 unspecified atom stereocenters. The number of nitrogens with zero attached hydrogens (tertiary/aromatic N) is 2. The molecule has 2 aromatic carbocycles.